The van der Waals surface area contributed by atoms with Gasteiger partial charge in [0, 0.05) is 12.2 Å². The quantitative estimate of drug-likeness (QED) is 0.571. The lowest BCUT2D eigenvalue weighted by Gasteiger charge is -2.08. The highest BCUT2D eigenvalue weighted by Gasteiger charge is 2.06. The van der Waals surface area contributed by atoms with Gasteiger partial charge in [-0.2, -0.15) is 10.1 Å². The number of hydrogen-bond acceptors (Lipinski definition) is 7. The van der Waals surface area contributed by atoms with E-state index in [1.54, 1.807) is 18.2 Å². The van der Waals surface area contributed by atoms with E-state index in [1.807, 2.05) is 6.07 Å². The Morgan fingerprint density at radius 3 is 2.96 bits per heavy atom. The van der Waals surface area contributed by atoms with Gasteiger partial charge in [-0.3, -0.25) is 0 Å². The van der Waals surface area contributed by atoms with Gasteiger partial charge in [0.15, 0.2) is 5.82 Å². The Morgan fingerprint density at radius 1 is 1.30 bits per heavy atom. The average molecular weight is 315 g/mol. The number of esters is 1. The summed E-state index contributed by atoms with van der Waals surface area (Å²) in [6, 6.07) is 6.99. The lowest BCUT2D eigenvalue weighted by Crippen LogP contribution is -2.08. The van der Waals surface area contributed by atoms with Crippen molar-refractivity contribution in [2.24, 2.45) is 0 Å². The molecule has 7 nitrogen and oxygen atoms in total. The molecule has 2 aromatic rings. The minimum absolute atomic E-state index is 0.382. The van der Waals surface area contributed by atoms with E-state index in [2.05, 4.69) is 32.7 Å². The molecule has 2 rings (SSSR count). The summed E-state index contributed by atoms with van der Waals surface area (Å²) < 4.78 is 4.71. The summed E-state index contributed by atoms with van der Waals surface area (Å²) in [6.07, 6.45) is 4.93. The molecule has 0 aliphatic rings. The van der Waals surface area contributed by atoms with Crippen LogP contribution >= 0.6 is 0 Å². The topological polar surface area (TPSA) is 89.0 Å². The molecule has 0 aliphatic carbocycles. The Kier molecular flexibility index (Phi) is 6.28. The lowest BCUT2D eigenvalue weighted by atomic mass is 10.2. The third-order valence-corrected chi connectivity index (χ3v) is 3.18. The molecule has 1 aromatic carbocycles. The van der Waals surface area contributed by atoms with Gasteiger partial charge in [0.2, 0.25) is 5.95 Å². The van der Waals surface area contributed by atoms with Crippen LogP contribution in [-0.4, -0.2) is 34.8 Å². The zero-order valence-corrected chi connectivity index (χ0v) is 13.4. The normalized spacial score (nSPS) is 10.2. The Morgan fingerprint density at radius 2 is 2.17 bits per heavy atom. The third kappa shape index (κ3) is 5.21. The largest absolute Gasteiger partial charge is 0.465 e. The van der Waals surface area contributed by atoms with Crippen LogP contribution in [0.4, 0.5) is 17.5 Å². The van der Waals surface area contributed by atoms with Gasteiger partial charge in [-0.15, -0.1) is 5.10 Å². The molecular formula is C16H21N5O2. The first-order chi connectivity index (χ1) is 11.2. The zero-order valence-electron chi connectivity index (χ0n) is 13.4. The minimum atomic E-state index is -0.382. The molecule has 0 radical (unpaired) electrons. The summed E-state index contributed by atoms with van der Waals surface area (Å²) >= 11 is 0. The number of hydrogen-bond donors (Lipinski definition) is 2. The fourth-order valence-corrected chi connectivity index (χ4v) is 2.00. The second-order valence-corrected chi connectivity index (χ2v) is 5.00. The molecule has 0 saturated heterocycles. The van der Waals surface area contributed by atoms with Gasteiger partial charge in [0.05, 0.1) is 18.9 Å². The SMILES string of the molecule is CCCCCNc1nncc(Nc2cccc(C(=O)OC)c2)n1. The number of nitrogens with one attached hydrogen (secondary N) is 2. The van der Waals surface area contributed by atoms with Crippen LogP contribution in [0.3, 0.4) is 0 Å². The fourth-order valence-electron chi connectivity index (χ4n) is 2.00. The standard InChI is InChI=1S/C16H21N5O2/c1-3-4-5-9-17-16-20-14(11-18-21-16)19-13-8-6-7-12(10-13)15(22)23-2/h6-8,10-11H,3-5,9H2,1-2H3,(H2,17,19,20,21). The van der Waals surface area contributed by atoms with Crippen LogP contribution in [0, 0.1) is 0 Å². The first-order valence-corrected chi connectivity index (χ1v) is 7.62. The van der Waals surface area contributed by atoms with Gasteiger partial charge in [-0.05, 0) is 24.6 Å². The Labute approximate surface area is 135 Å². The molecule has 23 heavy (non-hydrogen) atoms. The van der Waals surface area contributed by atoms with Crippen LogP contribution in [0.1, 0.15) is 36.5 Å². The maximum Gasteiger partial charge on any atom is 0.337 e. The molecule has 122 valence electrons. The first-order valence-electron chi connectivity index (χ1n) is 7.62. The maximum absolute atomic E-state index is 11.5. The number of anilines is 3. The summed E-state index contributed by atoms with van der Waals surface area (Å²) in [5.41, 5.74) is 1.20. The number of rotatable bonds is 8. The molecule has 0 unspecified atom stereocenters. The smallest absolute Gasteiger partial charge is 0.337 e. The number of nitrogens with zero attached hydrogens (tertiary/aromatic N) is 3. The molecule has 0 aliphatic heterocycles. The van der Waals surface area contributed by atoms with Crippen molar-refractivity contribution in [2.75, 3.05) is 24.3 Å². The highest BCUT2D eigenvalue weighted by molar-refractivity contribution is 5.90. The van der Waals surface area contributed by atoms with Crippen molar-refractivity contribution >= 4 is 23.4 Å². The van der Waals surface area contributed by atoms with Crippen LogP contribution in [0.15, 0.2) is 30.5 Å². The van der Waals surface area contributed by atoms with Crippen molar-refractivity contribution < 1.29 is 9.53 Å². The van der Waals surface area contributed by atoms with Crippen LogP contribution in [-0.2, 0) is 4.74 Å². The van der Waals surface area contributed by atoms with E-state index in [-0.39, 0.29) is 5.97 Å². The van der Waals surface area contributed by atoms with Gasteiger partial charge >= 0.3 is 5.97 Å². The monoisotopic (exact) mass is 315 g/mol. The summed E-state index contributed by atoms with van der Waals surface area (Å²) in [7, 11) is 1.35. The second kappa shape index (κ2) is 8.67. The molecule has 0 bridgehead atoms. The Bertz CT molecular complexity index is 648. The van der Waals surface area contributed by atoms with Crippen molar-refractivity contribution in [3.8, 4) is 0 Å². The number of carbonyl (C=O) groups is 1. The van der Waals surface area contributed by atoms with Crippen molar-refractivity contribution in [2.45, 2.75) is 26.2 Å². The molecule has 0 saturated carbocycles. The molecule has 0 fully saturated rings. The maximum atomic E-state index is 11.5. The van der Waals surface area contributed by atoms with Crippen LogP contribution < -0.4 is 10.6 Å². The minimum Gasteiger partial charge on any atom is -0.465 e. The molecular weight excluding hydrogens is 294 g/mol. The predicted octanol–water partition coefficient (Wildman–Crippen LogP) is 3.00. The van der Waals surface area contributed by atoms with Gasteiger partial charge in [0.1, 0.15) is 0 Å². The van der Waals surface area contributed by atoms with Crippen molar-refractivity contribution in [1.29, 1.82) is 0 Å². The molecule has 0 amide bonds. The zero-order chi connectivity index (χ0) is 16.5. The lowest BCUT2D eigenvalue weighted by molar-refractivity contribution is 0.0601. The van der Waals surface area contributed by atoms with E-state index in [0.29, 0.717) is 17.3 Å². The van der Waals surface area contributed by atoms with Gasteiger partial charge in [0.25, 0.3) is 0 Å². The number of ether oxygens (including phenoxy) is 1. The number of aromatic nitrogens is 3. The summed E-state index contributed by atoms with van der Waals surface area (Å²) in [5.74, 6) is 0.656. The first kappa shape index (κ1) is 16.7. The van der Waals surface area contributed by atoms with Crippen LogP contribution in [0.25, 0.3) is 0 Å². The molecule has 2 N–H and O–H groups in total. The van der Waals surface area contributed by atoms with E-state index in [4.69, 9.17) is 4.74 Å². The molecule has 1 aromatic heterocycles. The van der Waals surface area contributed by atoms with E-state index in [0.717, 1.165) is 18.7 Å². The fraction of sp³-hybridized carbons (Fsp3) is 0.375. The Balaban J connectivity index is 2.01. The molecule has 7 heteroatoms. The van der Waals surface area contributed by atoms with E-state index >= 15 is 0 Å². The predicted molar refractivity (Wildman–Crippen MR) is 88.9 cm³/mol. The second-order valence-electron chi connectivity index (χ2n) is 5.00. The van der Waals surface area contributed by atoms with Gasteiger partial charge in [-0.25, -0.2) is 4.79 Å². The van der Waals surface area contributed by atoms with E-state index < -0.39 is 0 Å². The number of unbranched alkanes of at least 4 members (excludes halogenated alkanes) is 2. The number of methoxy groups -OCH3 is 1. The van der Waals surface area contributed by atoms with E-state index in [1.165, 1.54) is 26.1 Å². The summed E-state index contributed by atoms with van der Waals surface area (Å²) in [4.78, 5) is 15.9. The molecule has 0 spiro atoms. The highest BCUT2D eigenvalue weighted by Crippen LogP contribution is 2.16. The Hall–Kier alpha value is -2.70. The summed E-state index contributed by atoms with van der Waals surface area (Å²) in [6.45, 7) is 2.97. The van der Waals surface area contributed by atoms with Crippen LogP contribution in [0.2, 0.25) is 0 Å². The number of carbonyl (C=O) groups excluding carboxylic acids is 1. The molecule has 0 atom stereocenters. The third-order valence-electron chi connectivity index (χ3n) is 3.18. The van der Waals surface area contributed by atoms with Crippen molar-refractivity contribution in [1.82, 2.24) is 15.2 Å². The summed E-state index contributed by atoms with van der Waals surface area (Å²) in [5, 5.41) is 14.1. The average Bonchev–Trinajstić information content (AvgIpc) is 2.58. The molecule has 1 heterocycles. The van der Waals surface area contributed by atoms with Crippen molar-refractivity contribution in [3.63, 3.8) is 0 Å². The van der Waals surface area contributed by atoms with E-state index in [9.17, 15) is 4.79 Å². The van der Waals surface area contributed by atoms with Crippen LogP contribution in [0.5, 0.6) is 0 Å². The van der Waals surface area contributed by atoms with Gasteiger partial charge < -0.3 is 15.4 Å². The van der Waals surface area contributed by atoms with Crippen molar-refractivity contribution in [3.05, 3.63) is 36.0 Å². The highest BCUT2D eigenvalue weighted by atomic mass is 16.5. The van der Waals surface area contributed by atoms with Gasteiger partial charge in [-0.1, -0.05) is 25.8 Å². The number of benzene rings is 1.